The van der Waals surface area contributed by atoms with E-state index < -0.39 is 5.97 Å². The Hall–Kier alpha value is -2.83. The maximum atomic E-state index is 12.6. The van der Waals surface area contributed by atoms with Gasteiger partial charge in [-0.05, 0) is 17.7 Å². The average molecular weight is 542 g/mol. The number of esters is 1. The number of aliphatic imine (C=N–C) groups is 1. The summed E-state index contributed by atoms with van der Waals surface area (Å²) in [4.78, 5) is 32.5. The fraction of sp³-hybridized carbons (Fsp3) is 0.400. The van der Waals surface area contributed by atoms with Crippen LogP contribution in [0.15, 0.2) is 35.6 Å². The van der Waals surface area contributed by atoms with E-state index in [4.69, 9.17) is 9.47 Å². The van der Waals surface area contributed by atoms with Crippen LogP contribution in [0.4, 0.5) is 5.69 Å². The van der Waals surface area contributed by atoms with Crippen molar-refractivity contribution in [1.29, 1.82) is 0 Å². The summed E-state index contributed by atoms with van der Waals surface area (Å²) in [5.41, 5.74) is 2.01. The lowest BCUT2D eigenvalue weighted by Crippen LogP contribution is -2.55. The summed E-state index contributed by atoms with van der Waals surface area (Å²) in [6, 6.07) is 5.30. The number of piperazine rings is 1. The molecular weight excluding hydrogens is 515 g/mol. The number of amides is 1. The van der Waals surface area contributed by atoms with E-state index in [9.17, 15) is 9.59 Å². The molecule has 31 heavy (non-hydrogen) atoms. The molecular formula is C20H27IN6O4. The Labute approximate surface area is 198 Å². The molecule has 2 aromatic rings. The van der Waals surface area contributed by atoms with Gasteiger partial charge in [-0.1, -0.05) is 6.07 Å². The van der Waals surface area contributed by atoms with E-state index in [1.165, 1.54) is 14.2 Å². The average Bonchev–Trinajstić information content (AvgIpc) is 3.19. The summed E-state index contributed by atoms with van der Waals surface area (Å²) in [5.74, 6) is 0.585. The van der Waals surface area contributed by atoms with Gasteiger partial charge in [0.05, 0.1) is 26.1 Å². The van der Waals surface area contributed by atoms with Gasteiger partial charge in [0.1, 0.15) is 17.9 Å². The van der Waals surface area contributed by atoms with E-state index in [0.717, 1.165) is 11.3 Å². The van der Waals surface area contributed by atoms with Crippen LogP contribution in [0.2, 0.25) is 0 Å². The van der Waals surface area contributed by atoms with E-state index in [0.29, 0.717) is 36.9 Å². The molecule has 0 spiro atoms. The molecule has 1 aliphatic rings. The number of halogens is 1. The van der Waals surface area contributed by atoms with Gasteiger partial charge in [0.15, 0.2) is 5.96 Å². The standard InChI is InChI=1S/C20H26N6O4.HI/c1-21-20(22-10-14-5-6-17(29-3)16(9-14)19(28)30-4)25-7-8-26(18(27)13-25)15-11-23-24(2)12-15;/h5-6,9,11-12H,7-8,10,13H2,1-4H3,(H,21,22);1H. The van der Waals surface area contributed by atoms with Crippen molar-refractivity contribution in [2.75, 3.05) is 45.8 Å². The monoisotopic (exact) mass is 542 g/mol. The Morgan fingerprint density at radius 2 is 2.06 bits per heavy atom. The van der Waals surface area contributed by atoms with Crippen molar-refractivity contribution in [3.8, 4) is 5.75 Å². The zero-order valence-electron chi connectivity index (χ0n) is 18.0. The molecule has 0 unspecified atom stereocenters. The van der Waals surface area contributed by atoms with Crippen LogP contribution in [0.1, 0.15) is 15.9 Å². The van der Waals surface area contributed by atoms with Crippen LogP contribution in [0.5, 0.6) is 5.75 Å². The molecule has 0 bridgehead atoms. The summed E-state index contributed by atoms with van der Waals surface area (Å²) in [7, 11) is 6.33. The van der Waals surface area contributed by atoms with Crippen molar-refractivity contribution in [3.05, 3.63) is 41.7 Å². The lowest BCUT2D eigenvalue weighted by Gasteiger charge is -2.35. The number of ether oxygens (including phenoxy) is 2. The van der Waals surface area contributed by atoms with E-state index in [-0.39, 0.29) is 36.4 Å². The van der Waals surface area contributed by atoms with Gasteiger partial charge in [0, 0.05) is 39.9 Å². The number of anilines is 1. The number of hydrogen-bond donors (Lipinski definition) is 1. The van der Waals surface area contributed by atoms with Crippen molar-refractivity contribution in [2.45, 2.75) is 6.54 Å². The summed E-state index contributed by atoms with van der Waals surface area (Å²) in [6.45, 7) is 1.82. The Bertz CT molecular complexity index is 961. The second-order valence-corrected chi connectivity index (χ2v) is 6.77. The fourth-order valence-electron chi connectivity index (χ4n) is 3.32. The van der Waals surface area contributed by atoms with Gasteiger partial charge >= 0.3 is 5.97 Å². The first-order valence-corrected chi connectivity index (χ1v) is 9.46. The minimum atomic E-state index is -0.463. The van der Waals surface area contributed by atoms with Gasteiger partial charge in [-0.15, -0.1) is 24.0 Å². The highest BCUT2D eigenvalue weighted by atomic mass is 127. The quantitative estimate of drug-likeness (QED) is 0.263. The Morgan fingerprint density at radius 3 is 2.65 bits per heavy atom. The molecule has 0 radical (unpaired) electrons. The van der Waals surface area contributed by atoms with Crippen molar-refractivity contribution < 1.29 is 19.1 Å². The number of guanidine groups is 1. The zero-order chi connectivity index (χ0) is 21.7. The van der Waals surface area contributed by atoms with Crippen molar-refractivity contribution >= 4 is 47.5 Å². The molecule has 10 nitrogen and oxygen atoms in total. The SMILES string of the molecule is CN=C(NCc1ccc(OC)c(C(=O)OC)c1)N1CCN(c2cnn(C)c2)C(=O)C1.I. The number of benzene rings is 1. The molecule has 11 heteroatoms. The van der Waals surface area contributed by atoms with Crippen LogP contribution < -0.4 is 15.0 Å². The minimum Gasteiger partial charge on any atom is -0.496 e. The lowest BCUT2D eigenvalue weighted by atomic mass is 10.1. The third-order valence-electron chi connectivity index (χ3n) is 4.85. The van der Waals surface area contributed by atoms with E-state index in [1.807, 2.05) is 24.2 Å². The Balaban J connectivity index is 0.00000341. The van der Waals surface area contributed by atoms with Gasteiger partial charge in [-0.2, -0.15) is 5.10 Å². The van der Waals surface area contributed by atoms with Crippen LogP contribution in [-0.2, 0) is 23.1 Å². The summed E-state index contributed by atoms with van der Waals surface area (Å²) < 4.78 is 11.7. The first kappa shape index (κ1) is 24.4. The first-order chi connectivity index (χ1) is 14.5. The maximum absolute atomic E-state index is 12.6. The van der Waals surface area contributed by atoms with Crippen molar-refractivity contribution in [3.63, 3.8) is 0 Å². The third-order valence-corrected chi connectivity index (χ3v) is 4.85. The second kappa shape index (κ2) is 11.0. The topological polar surface area (TPSA) is 101 Å². The molecule has 1 aromatic carbocycles. The molecule has 1 aromatic heterocycles. The van der Waals surface area contributed by atoms with Crippen LogP contribution in [0, 0.1) is 0 Å². The van der Waals surface area contributed by atoms with Gasteiger partial charge in [0.2, 0.25) is 5.91 Å². The molecule has 2 heterocycles. The largest absolute Gasteiger partial charge is 0.496 e. The van der Waals surface area contributed by atoms with Gasteiger partial charge in [-0.3, -0.25) is 14.5 Å². The van der Waals surface area contributed by atoms with E-state index in [1.54, 1.807) is 35.0 Å². The Kier molecular flexibility index (Phi) is 8.65. The zero-order valence-corrected chi connectivity index (χ0v) is 20.3. The number of hydrogen-bond acceptors (Lipinski definition) is 6. The van der Waals surface area contributed by atoms with Gasteiger partial charge in [-0.25, -0.2) is 4.79 Å². The molecule has 0 atom stereocenters. The molecule has 0 saturated carbocycles. The number of rotatable bonds is 5. The predicted molar refractivity (Wildman–Crippen MR) is 127 cm³/mol. The second-order valence-electron chi connectivity index (χ2n) is 6.77. The predicted octanol–water partition coefficient (Wildman–Crippen LogP) is 1.26. The summed E-state index contributed by atoms with van der Waals surface area (Å²) in [5, 5.41) is 7.38. The van der Waals surface area contributed by atoms with Crippen LogP contribution in [0.3, 0.4) is 0 Å². The van der Waals surface area contributed by atoms with Crippen LogP contribution in [0.25, 0.3) is 0 Å². The van der Waals surface area contributed by atoms with Crippen molar-refractivity contribution in [1.82, 2.24) is 20.0 Å². The molecule has 168 valence electrons. The molecule has 1 amide bonds. The van der Waals surface area contributed by atoms with E-state index in [2.05, 4.69) is 15.4 Å². The number of carbonyl (C=O) groups is 2. The Morgan fingerprint density at radius 1 is 1.29 bits per heavy atom. The molecule has 1 saturated heterocycles. The smallest absolute Gasteiger partial charge is 0.341 e. The number of methoxy groups -OCH3 is 2. The summed E-state index contributed by atoms with van der Waals surface area (Å²) >= 11 is 0. The molecule has 1 aliphatic heterocycles. The van der Waals surface area contributed by atoms with Gasteiger partial charge < -0.3 is 24.6 Å². The number of carbonyl (C=O) groups excluding carboxylic acids is 2. The number of aryl methyl sites for hydroxylation is 1. The maximum Gasteiger partial charge on any atom is 0.341 e. The third kappa shape index (κ3) is 5.66. The molecule has 0 aliphatic carbocycles. The number of nitrogens with zero attached hydrogens (tertiary/aromatic N) is 5. The number of aromatic nitrogens is 2. The first-order valence-electron chi connectivity index (χ1n) is 9.46. The highest BCUT2D eigenvalue weighted by Gasteiger charge is 2.27. The highest BCUT2D eigenvalue weighted by molar-refractivity contribution is 14.0. The normalized spacial score (nSPS) is 14.2. The molecule has 1 fully saturated rings. The van der Waals surface area contributed by atoms with Crippen molar-refractivity contribution in [2.24, 2.45) is 12.0 Å². The fourth-order valence-corrected chi connectivity index (χ4v) is 3.32. The highest BCUT2D eigenvalue weighted by Crippen LogP contribution is 2.21. The number of nitrogens with one attached hydrogen (secondary N) is 1. The minimum absolute atomic E-state index is 0. The van der Waals surface area contributed by atoms with Gasteiger partial charge in [0.25, 0.3) is 0 Å². The lowest BCUT2D eigenvalue weighted by molar-refractivity contribution is -0.120. The van der Waals surface area contributed by atoms with E-state index >= 15 is 0 Å². The van der Waals surface area contributed by atoms with Crippen LogP contribution >= 0.6 is 24.0 Å². The molecule has 3 rings (SSSR count). The molecule has 1 N–H and O–H groups in total. The summed E-state index contributed by atoms with van der Waals surface area (Å²) in [6.07, 6.45) is 3.51. The van der Waals surface area contributed by atoms with Crippen LogP contribution in [-0.4, -0.2) is 73.4 Å².